The van der Waals surface area contributed by atoms with E-state index < -0.39 is 71.6 Å². The summed E-state index contributed by atoms with van der Waals surface area (Å²) in [4.78, 5) is 13.1. The van der Waals surface area contributed by atoms with Gasteiger partial charge in [-0.1, -0.05) is 53.2 Å². The number of hydrogen-bond acceptors (Lipinski definition) is 11. The average molecular weight is 751 g/mol. The lowest BCUT2D eigenvalue weighted by Gasteiger charge is -2.71. The number of carbonyl (C=O) groups is 1. The van der Waals surface area contributed by atoms with Gasteiger partial charge in [-0.25, -0.2) is 0 Å². The molecule has 12 heteroatoms. The maximum atomic E-state index is 13.1. The molecule has 7 N–H and O–H groups in total. The molecule has 2 saturated heterocycles. The van der Waals surface area contributed by atoms with E-state index in [-0.39, 0.29) is 59.2 Å². The van der Waals surface area contributed by atoms with Crippen LogP contribution in [0.3, 0.4) is 0 Å². The fourth-order valence-electron chi connectivity index (χ4n) is 13.4. The van der Waals surface area contributed by atoms with Crippen LogP contribution < -0.4 is 0 Å². The van der Waals surface area contributed by atoms with E-state index in [0.29, 0.717) is 12.8 Å². The summed E-state index contributed by atoms with van der Waals surface area (Å²) < 4.78 is 24.5. The Bertz CT molecular complexity index is 1450. The van der Waals surface area contributed by atoms with Crippen molar-refractivity contribution in [2.75, 3.05) is 19.8 Å². The van der Waals surface area contributed by atoms with Crippen LogP contribution in [0, 0.1) is 50.2 Å². The zero-order chi connectivity index (χ0) is 38.7. The van der Waals surface area contributed by atoms with Crippen LogP contribution >= 0.6 is 0 Å². The van der Waals surface area contributed by atoms with Gasteiger partial charge in [-0.2, -0.15) is 0 Å². The third kappa shape index (κ3) is 5.69. The summed E-state index contributed by atoms with van der Waals surface area (Å²) in [5.74, 6) is -2.34. The highest BCUT2D eigenvalue weighted by Gasteiger charge is 2.70. The smallest absolute Gasteiger partial charge is 0.310 e. The Labute approximate surface area is 314 Å². The zero-order valence-electron chi connectivity index (χ0n) is 32.8. The van der Waals surface area contributed by atoms with Crippen LogP contribution in [0.4, 0.5) is 0 Å². The predicted molar refractivity (Wildman–Crippen MR) is 192 cm³/mol. The van der Waals surface area contributed by atoms with E-state index >= 15 is 0 Å². The van der Waals surface area contributed by atoms with E-state index in [9.17, 15) is 40.5 Å². The van der Waals surface area contributed by atoms with Crippen molar-refractivity contribution in [3.63, 3.8) is 0 Å². The number of carboxylic acids is 1. The van der Waals surface area contributed by atoms with Gasteiger partial charge in [0.15, 0.2) is 6.29 Å². The molecule has 53 heavy (non-hydrogen) atoms. The molecule has 0 radical (unpaired) electrons. The highest BCUT2D eigenvalue weighted by molar-refractivity contribution is 5.76. The van der Waals surface area contributed by atoms with Crippen LogP contribution in [0.5, 0.6) is 0 Å². The first kappa shape index (κ1) is 40.0. The van der Waals surface area contributed by atoms with E-state index in [2.05, 4.69) is 40.7 Å². The topological polar surface area (TPSA) is 196 Å². The van der Waals surface area contributed by atoms with Gasteiger partial charge < -0.3 is 54.7 Å². The van der Waals surface area contributed by atoms with Gasteiger partial charge in [0.05, 0.1) is 30.8 Å². The Morgan fingerprint density at radius 2 is 1.57 bits per heavy atom. The molecule has 12 nitrogen and oxygen atoms in total. The van der Waals surface area contributed by atoms with Crippen molar-refractivity contribution >= 4 is 5.97 Å². The van der Waals surface area contributed by atoms with Gasteiger partial charge in [-0.05, 0) is 111 Å². The zero-order valence-corrected chi connectivity index (χ0v) is 32.8. The van der Waals surface area contributed by atoms with E-state index in [1.54, 1.807) is 0 Å². The van der Waals surface area contributed by atoms with Crippen molar-refractivity contribution in [3.8, 4) is 0 Å². The molecule has 3 unspecified atom stereocenters. The van der Waals surface area contributed by atoms with Crippen LogP contribution in [0.25, 0.3) is 0 Å². The number of allylic oxidation sites excluding steroid dienone is 2. The molecule has 7 rings (SSSR count). The third-order valence-electron chi connectivity index (χ3n) is 17.0. The van der Waals surface area contributed by atoms with E-state index in [1.807, 2.05) is 6.92 Å². The molecule has 4 saturated carbocycles. The number of aliphatic hydroxyl groups is 6. The Morgan fingerprint density at radius 3 is 2.25 bits per heavy atom. The molecular formula is C41H66O12. The predicted octanol–water partition coefficient (Wildman–Crippen LogP) is 3.52. The molecule has 6 fully saturated rings. The van der Waals surface area contributed by atoms with Gasteiger partial charge in [-0.15, -0.1) is 0 Å². The summed E-state index contributed by atoms with van der Waals surface area (Å²) >= 11 is 0. The molecular weight excluding hydrogens is 684 g/mol. The van der Waals surface area contributed by atoms with Crippen molar-refractivity contribution in [2.24, 2.45) is 50.2 Å². The molecule has 5 aliphatic carbocycles. The summed E-state index contributed by atoms with van der Waals surface area (Å²) in [7, 11) is 0. The number of ether oxygens (including phenoxy) is 4. The summed E-state index contributed by atoms with van der Waals surface area (Å²) in [5.41, 5.74) is -0.496. The Morgan fingerprint density at radius 1 is 0.868 bits per heavy atom. The molecule has 0 aromatic carbocycles. The van der Waals surface area contributed by atoms with Gasteiger partial charge in [0.25, 0.3) is 0 Å². The normalized spacial score (nSPS) is 55.1. The molecule has 2 heterocycles. The Hall–Kier alpha value is -1.19. The molecule has 0 aromatic rings. The van der Waals surface area contributed by atoms with Gasteiger partial charge in [-0.3, -0.25) is 4.79 Å². The van der Waals surface area contributed by atoms with Gasteiger partial charge in [0.2, 0.25) is 5.79 Å². The fraction of sp³-hybridized carbons (Fsp3) is 0.927. The quantitative estimate of drug-likeness (QED) is 0.155. The van der Waals surface area contributed by atoms with Crippen LogP contribution in [-0.4, -0.2) is 116 Å². The lowest BCUT2D eigenvalue weighted by molar-refractivity contribution is -0.426. The first-order valence-electron chi connectivity index (χ1n) is 20.2. The maximum Gasteiger partial charge on any atom is 0.310 e. The highest BCUT2D eigenvalue weighted by Crippen LogP contribution is 2.76. The van der Waals surface area contributed by atoms with Crippen molar-refractivity contribution in [3.05, 3.63) is 11.6 Å². The number of aliphatic carboxylic acids is 1. The first-order valence-corrected chi connectivity index (χ1v) is 20.2. The van der Waals surface area contributed by atoms with Crippen molar-refractivity contribution in [2.45, 2.75) is 167 Å². The van der Waals surface area contributed by atoms with Gasteiger partial charge in [0.1, 0.15) is 37.1 Å². The summed E-state index contributed by atoms with van der Waals surface area (Å²) in [5, 5.41) is 76.1. The SMILES string of the molecule is C[C@@H]1O[C@@H](O[C@]2(O[C@H]3CC[C@@]4(C)C(CC[C@]5(C)C4CC=C4C6CC(C)(C)CC[C@]6(C(=O)O)CC[C@]45C)[C@]3(C)CO)COC[C@H](O)[C@@H]2O)[C@H](O)[C@H](O)[C@H]1O. The summed E-state index contributed by atoms with van der Waals surface area (Å²) in [6, 6.07) is 0. The maximum absolute atomic E-state index is 13.1. The number of aliphatic hydroxyl groups excluding tert-OH is 6. The summed E-state index contributed by atoms with van der Waals surface area (Å²) in [6.07, 6.45) is -0.274. The van der Waals surface area contributed by atoms with Crippen molar-refractivity contribution < 1.29 is 59.5 Å². The molecule has 2 aliphatic heterocycles. The van der Waals surface area contributed by atoms with E-state index in [0.717, 1.165) is 51.4 Å². The molecule has 17 atom stereocenters. The van der Waals surface area contributed by atoms with Crippen LogP contribution in [-0.2, 0) is 23.7 Å². The summed E-state index contributed by atoms with van der Waals surface area (Å²) in [6.45, 7) is 14.7. The molecule has 0 aromatic heterocycles. The average Bonchev–Trinajstić information content (AvgIpc) is 3.09. The molecule has 0 spiro atoms. The molecule has 302 valence electrons. The lowest BCUT2D eigenvalue weighted by atomic mass is 9.33. The highest BCUT2D eigenvalue weighted by atomic mass is 16.8. The van der Waals surface area contributed by atoms with Crippen LogP contribution in [0.15, 0.2) is 11.6 Å². The molecule has 0 amide bonds. The second-order valence-corrected chi connectivity index (χ2v) is 20.1. The Balaban J connectivity index is 1.20. The standard InChI is InChI=1S/C41H66O12/c1-22-29(44)30(45)31(46)33(51-22)53-41(21-50-19-25(43)32(41)47)52-28-11-12-36(4)26(37(28,5)20-42)10-13-39(7)27(36)9-8-23-24-18-35(2,3)14-16-40(24,34(48)49)17-15-38(23,39)6/h8,22,24-33,42-47H,9-21H2,1-7H3,(H,48,49)/t22-,24?,25-,26?,27?,28-,29-,30+,31+,32-,33-,36-,37-,38+,39+,40-,41+/m0/s1. The largest absolute Gasteiger partial charge is 0.481 e. The monoisotopic (exact) mass is 750 g/mol. The number of carboxylic acid groups (broad SMARTS) is 1. The van der Waals surface area contributed by atoms with Gasteiger partial charge >= 0.3 is 5.97 Å². The van der Waals surface area contributed by atoms with Crippen molar-refractivity contribution in [1.29, 1.82) is 0 Å². The number of hydrogen-bond donors (Lipinski definition) is 7. The first-order chi connectivity index (χ1) is 24.6. The fourth-order valence-corrected chi connectivity index (χ4v) is 13.4. The van der Waals surface area contributed by atoms with Gasteiger partial charge in [0, 0.05) is 5.41 Å². The Kier molecular flexibility index (Phi) is 9.95. The minimum absolute atomic E-state index is 0.0165. The number of rotatable bonds is 6. The lowest BCUT2D eigenvalue weighted by Crippen LogP contribution is -2.69. The van der Waals surface area contributed by atoms with Crippen molar-refractivity contribution in [1.82, 2.24) is 0 Å². The second-order valence-electron chi connectivity index (χ2n) is 20.1. The van der Waals surface area contributed by atoms with E-state index in [4.69, 9.17) is 18.9 Å². The van der Waals surface area contributed by atoms with E-state index in [1.165, 1.54) is 12.5 Å². The molecule has 7 aliphatic rings. The van der Waals surface area contributed by atoms with Crippen LogP contribution in [0.2, 0.25) is 0 Å². The number of fused-ring (bicyclic) bond motifs is 7. The molecule has 0 bridgehead atoms. The van der Waals surface area contributed by atoms with Crippen LogP contribution in [0.1, 0.15) is 113 Å². The minimum atomic E-state index is -2.01. The minimum Gasteiger partial charge on any atom is -0.481 e. The third-order valence-corrected chi connectivity index (χ3v) is 17.0. The second kappa shape index (κ2) is 13.2.